The maximum atomic E-state index is 11.7. The molecule has 1 rings (SSSR count). The van der Waals surface area contributed by atoms with Crippen molar-refractivity contribution in [1.82, 2.24) is 10.2 Å². The lowest BCUT2D eigenvalue weighted by Gasteiger charge is -2.10. The summed E-state index contributed by atoms with van der Waals surface area (Å²) in [5.74, 6) is -0.245. The molecule has 0 saturated heterocycles. The summed E-state index contributed by atoms with van der Waals surface area (Å²) in [4.78, 5) is 24.5. The van der Waals surface area contributed by atoms with Crippen molar-refractivity contribution in [3.8, 4) is 5.75 Å². The first kappa shape index (κ1) is 14.0. The lowest BCUT2D eigenvalue weighted by Crippen LogP contribution is -2.30. The van der Waals surface area contributed by atoms with Gasteiger partial charge in [0.1, 0.15) is 5.75 Å². The molecule has 0 aliphatic rings. The van der Waals surface area contributed by atoms with Crippen LogP contribution in [0.3, 0.4) is 0 Å². The fourth-order valence-corrected chi connectivity index (χ4v) is 1.36. The second-order valence-electron chi connectivity index (χ2n) is 4.30. The van der Waals surface area contributed by atoms with Gasteiger partial charge in [-0.05, 0) is 24.6 Å². The van der Waals surface area contributed by atoms with Gasteiger partial charge in [0.25, 0.3) is 5.91 Å². The Kier molecular flexibility index (Phi) is 4.71. The molecule has 0 spiro atoms. The second-order valence-corrected chi connectivity index (χ2v) is 4.30. The van der Waals surface area contributed by atoms with Crippen LogP contribution in [0, 0.1) is 6.92 Å². The number of carbonyl (C=O) groups is 2. The first-order chi connectivity index (χ1) is 8.41. The van der Waals surface area contributed by atoms with Crippen molar-refractivity contribution in [2.24, 2.45) is 0 Å². The fraction of sp³-hybridized carbons (Fsp3) is 0.385. The molecule has 0 radical (unpaired) electrons. The van der Waals surface area contributed by atoms with Gasteiger partial charge in [0.05, 0.1) is 0 Å². The summed E-state index contributed by atoms with van der Waals surface area (Å²) in [6, 6.07) is 4.73. The molecule has 0 saturated carbocycles. The van der Waals surface area contributed by atoms with E-state index in [1.807, 2.05) is 0 Å². The van der Waals surface area contributed by atoms with Crippen LogP contribution in [0.15, 0.2) is 18.2 Å². The Morgan fingerprint density at radius 2 is 2.00 bits per heavy atom. The van der Waals surface area contributed by atoms with Gasteiger partial charge < -0.3 is 15.3 Å². The summed E-state index contributed by atoms with van der Waals surface area (Å²) in [6.07, 6.45) is 0.260. The highest BCUT2D eigenvalue weighted by molar-refractivity contribution is 5.94. The molecule has 18 heavy (non-hydrogen) atoms. The maximum Gasteiger partial charge on any atom is 0.251 e. The van der Waals surface area contributed by atoms with Crippen molar-refractivity contribution >= 4 is 11.8 Å². The summed E-state index contributed by atoms with van der Waals surface area (Å²) in [5, 5.41) is 12.1. The lowest BCUT2D eigenvalue weighted by molar-refractivity contribution is -0.128. The Morgan fingerprint density at radius 1 is 1.33 bits per heavy atom. The van der Waals surface area contributed by atoms with E-state index >= 15 is 0 Å². The van der Waals surface area contributed by atoms with Crippen molar-refractivity contribution < 1.29 is 14.7 Å². The summed E-state index contributed by atoms with van der Waals surface area (Å²) >= 11 is 0. The number of hydrogen-bond acceptors (Lipinski definition) is 3. The molecule has 2 amide bonds. The molecule has 0 bridgehead atoms. The zero-order valence-electron chi connectivity index (χ0n) is 10.9. The molecule has 1 aromatic carbocycles. The number of carbonyl (C=O) groups excluding carboxylic acids is 2. The number of nitrogens with one attached hydrogen (secondary N) is 1. The third-order valence-electron chi connectivity index (χ3n) is 2.59. The topological polar surface area (TPSA) is 69.6 Å². The Bertz CT molecular complexity index is 456. The highest BCUT2D eigenvalue weighted by Crippen LogP contribution is 2.17. The van der Waals surface area contributed by atoms with Crippen LogP contribution in [-0.4, -0.2) is 42.5 Å². The molecule has 0 unspecified atom stereocenters. The number of hydrogen-bond donors (Lipinski definition) is 2. The van der Waals surface area contributed by atoms with Crippen LogP contribution >= 0.6 is 0 Å². The number of aryl methyl sites for hydroxylation is 1. The number of aromatic hydroxyl groups is 1. The van der Waals surface area contributed by atoms with E-state index in [4.69, 9.17) is 0 Å². The predicted octanol–water partition coefficient (Wildman–Crippen LogP) is 0.909. The fourth-order valence-electron chi connectivity index (χ4n) is 1.36. The van der Waals surface area contributed by atoms with E-state index in [0.29, 0.717) is 11.1 Å². The van der Waals surface area contributed by atoms with Crippen molar-refractivity contribution in [3.05, 3.63) is 29.3 Å². The van der Waals surface area contributed by atoms with E-state index in [-0.39, 0.29) is 30.5 Å². The minimum atomic E-state index is -0.295. The SMILES string of the molecule is Cc1ccc(C(=O)NCCC(=O)N(C)C)cc1O. The van der Waals surface area contributed by atoms with E-state index < -0.39 is 0 Å². The molecule has 1 aromatic rings. The van der Waals surface area contributed by atoms with Gasteiger partial charge in [-0.1, -0.05) is 6.07 Å². The van der Waals surface area contributed by atoms with Gasteiger partial charge in [-0.15, -0.1) is 0 Å². The number of benzene rings is 1. The summed E-state index contributed by atoms with van der Waals surface area (Å²) < 4.78 is 0. The van der Waals surface area contributed by atoms with Crippen LogP contribution in [0.1, 0.15) is 22.3 Å². The number of phenols is 1. The van der Waals surface area contributed by atoms with E-state index in [1.54, 1.807) is 33.2 Å². The predicted molar refractivity (Wildman–Crippen MR) is 68.5 cm³/mol. The van der Waals surface area contributed by atoms with Gasteiger partial charge in [-0.2, -0.15) is 0 Å². The maximum absolute atomic E-state index is 11.7. The standard InChI is InChI=1S/C13H18N2O3/c1-9-4-5-10(8-11(9)16)13(18)14-7-6-12(17)15(2)3/h4-5,8,16H,6-7H2,1-3H3,(H,14,18). The van der Waals surface area contributed by atoms with E-state index in [9.17, 15) is 14.7 Å². The van der Waals surface area contributed by atoms with Gasteiger partial charge >= 0.3 is 0 Å². The van der Waals surface area contributed by atoms with Crippen molar-refractivity contribution in [1.29, 1.82) is 0 Å². The smallest absolute Gasteiger partial charge is 0.251 e. The third kappa shape index (κ3) is 3.76. The third-order valence-corrected chi connectivity index (χ3v) is 2.59. The van der Waals surface area contributed by atoms with Gasteiger partial charge in [-0.25, -0.2) is 0 Å². The first-order valence-electron chi connectivity index (χ1n) is 5.70. The molecule has 98 valence electrons. The zero-order chi connectivity index (χ0) is 13.7. The van der Waals surface area contributed by atoms with Gasteiger partial charge in [0.2, 0.25) is 5.91 Å². The molecule has 2 N–H and O–H groups in total. The van der Waals surface area contributed by atoms with Gasteiger partial charge in [0.15, 0.2) is 0 Å². The van der Waals surface area contributed by atoms with Crippen LogP contribution < -0.4 is 5.32 Å². The van der Waals surface area contributed by atoms with E-state index in [1.165, 1.54) is 11.0 Å². The minimum absolute atomic E-state index is 0.0398. The summed E-state index contributed by atoms with van der Waals surface area (Å²) in [5.41, 5.74) is 1.10. The molecule has 0 heterocycles. The Balaban J connectivity index is 2.50. The first-order valence-corrected chi connectivity index (χ1v) is 5.70. The number of nitrogens with zero attached hydrogens (tertiary/aromatic N) is 1. The Morgan fingerprint density at radius 3 is 2.56 bits per heavy atom. The molecule has 0 fully saturated rings. The molecular weight excluding hydrogens is 232 g/mol. The Labute approximate surface area is 106 Å². The highest BCUT2D eigenvalue weighted by Gasteiger charge is 2.09. The summed E-state index contributed by atoms with van der Waals surface area (Å²) in [7, 11) is 3.34. The van der Waals surface area contributed by atoms with Gasteiger partial charge in [-0.3, -0.25) is 9.59 Å². The van der Waals surface area contributed by atoms with E-state index in [0.717, 1.165) is 0 Å². The van der Waals surface area contributed by atoms with Crippen LogP contribution in [0.25, 0.3) is 0 Å². The van der Waals surface area contributed by atoms with E-state index in [2.05, 4.69) is 5.32 Å². The molecule has 0 aliphatic carbocycles. The normalized spacial score (nSPS) is 9.94. The van der Waals surface area contributed by atoms with Crippen molar-refractivity contribution in [3.63, 3.8) is 0 Å². The molecule has 0 aromatic heterocycles. The lowest BCUT2D eigenvalue weighted by atomic mass is 10.1. The zero-order valence-corrected chi connectivity index (χ0v) is 10.9. The average Bonchev–Trinajstić information content (AvgIpc) is 2.32. The number of amides is 2. The summed E-state index contributed by atoms with van der Waals surface area (Å²) in [6.45, 7) is 2.04. The molecular formula is C13H18N2O3. The van der Waals surface area contributed by atoms with Crippen molar-refractivity contribution in [2.75, 3.05) is 20.6 Å². The molecule has 5 heteroatoms. The van der Waals surface area contributed by atoms with Gasteiger partial charge in [0, 0.05) is 32.6 Å². The van der Waals surface area contributed by atoms with Crippen LogP contribution in [-0.2, 0) is 4.79 Å². The number of phenolic OH excluding ortho intramolecular Hbond substituents is 1. The quantitative estimate of drug-likeness (QED) is 0.834. The molecule has 0 atom stereocenters. The van der Waals surface area contributed by atoms with Crippen LogP contribution in [0.4, 0.5) is 0 Å². The Hall–Kier alpha value is -2.04. The second kappa shape index (κ2) is 6.05. The highest BCUT2D eigenvalue weighted by atomic mass is 16.3. The molecule has 5 nitrogen and oxygen atoms in total. The molecule has 0 aliphatic heterocycles. The monoisotopic (exact) mass is 250 g/mol. The average molecular weight is 250 g/mol. The number of rotatable bonds is 4. The largest absolute Gasteiger partial charge is 0.508 e. The van der Waals surface area contributed by atoms with Crippen LogP contribution in [0.2, 0.25) is 0 Å². The van der Waals surface area contributed by atoms with Crippen LogP contribution in [0.5, 0.6) is 5.75 Å². The van der Waals surface area contributed by atoms with Crippen molar-refractivity contribution in [2.45, 2.75) is 13.3 Å². The minimum Gasteiger partial charge on any atom is -0.508 e.